The lowest BCUT2D eigenvalue weighted by Crippen LogP contribution is -2.29. The first-order valence-corrected chi connectivity index (χ1v) is 8.89. The summed E-state index contributed by atoms with van der Waals surface area (Å²) in [7, 11) is 0.360. The average Bonchev–Trinajstić information content (AvgIpc) is 2.61. The van der Waals surface area contributed by atoms with Crippen LogP contribution in [0.2, 0.25) is 0 Å². The van der Waals surface area contributed by atoms with Crippen molar-refractivity contribution >= 4 is 10.0 Å². The molecule has 0 aliphatic carbocycles. The van der Waals surface area contributed by atoms with Crippen LogP contribution in [0.5, 0.6) is 11.5 Å². The largest absolute Gasteiger partial charge is 0.497 e. The Labute approximate surface area is 146 Å². The van der Waals surface area contributed by atoms with E-state index >= 15 is 0 Å². The van der Waals surface area contributed by atoms with E-state index in [9.17, 15) is 12.8 Å². The van der Waals surface area contributed by atoms with Gasteiger partial charge >= 0.3 is 0 Å². The monoisotopic (exact) mass is 369 g/mol. The highest BCUT2D eigenvalue weighted by molar-refractivity contribution is 7.89. The Morgan fingerprint density at radius 2 is 1.84 bits per heavy atom. The van der Waals surface area contributed by atoms with Crippen molar-refractivity contribution in [3.05, 3.63) is 53.8 Å². The van der Waals surface area contributed by atoms with Gasteiger partial charge in [0.2, 0.25) is 10.0 Å². The van der Waals surface area contributed by atoms with Gasteiger partial charge in [-0.3, -0.25) is 0 Å². The summed E-state index contributed by atoms with van der Waals surface area (Å²) in [6.45, 7) is -0.0668. The summed E-state index contributed by atoms with van der Waals surface area (Å²) in [5.74, 6) is 0.152. The van der Waals surface area contributed by atoms with E-state index in [0.29, 0.717) is 11.3 Å². The van der Waals surface area contributed by atoms with Gasteiger partial charge in [-0.05, 0) is 29.8 Å². The summed E-state index contributed by atoms with van der Waals surface area (Å²) < 4.78 is 56.5. The lowest BCUT2D eigenvalue weighted by atomic mass is 10.1. The topological polar surface area (TPSA) is 73.9 Å². The zero-order valence-electron chi connectivity index (χ0n) is 14.2. The molecule has 1 N–H and O–H groups in total. The van der Waals surface area contributed by atoms with Gasteiger partial charge in [-0.1, -0.05) is 12.1 Å². The number of halogens is 1. The van der Waals surface area contributed by atoms with Gasteiger partial charge in [-0.15, -0.1) is 0 Å². The first-order chi connectivity index (χ1) is 11.9. The van der Waals surface area contributed by atoms with Gasteiger partial charge in [0.15, 0.2) is 0 Å². The second-order valence-electron chi connectivity index (χ2n) is 5.15. The Hall–Kier alpha value is -2.16. The first-order valence-electron chi connectivity index (χ1n) is 7.41. The molecule has 0 aliphatic rings. The lowest BCUT2D eigenvalue weighted by Gasteiger charge is -2.18. The third-order valence-corrected chi connectivity index (χ3v) is 5.07. The summed E-state index contributed by atoms with van der Waals surface area (Å²) in [4.78, 5) is -0.0524. The molecule has 2 aromatic rings. The minimum absolute atomic E-state index is 0.0524. The van der Waals surface area contributed by atoms with E-state index in [1.165, 1.54) is 51.7 Å². The molecular weight excluding hydrogens is 349 g/mol. The first kappa shape index (κ1) is 19.2. The SMILES string of the molecule is COc1ccc(OC)c(S(=O)(=O)NCC(OC)c2cccc(F)c2)c1. The molecular formula is C17H20FNO5S. The van der Waals surface area contributed by atoms with Crippen molar-refractivity contribution < 1.29 is 27.0 Å². The van der Waals surface area contributed by atoms with Crippen molar-refractivity contribution in [1.82, 2.24) is 4.72 Å². The predicted octanol–water partition coefficient (Wildman–Crippen LogP) is 2.51. The summed E-state index contributed by atoms with van der Waals surface area (Å²) in [5.41, 5.74) is 0.530. The number of methoxy groups -OCH3 is 3. The summed E-state index contributed by atoms with van der Waals surface area (Å²) in [6, 6.07) is 10.3. The fourth-order valence-corrected chi connectivity index (χ4v) is 3.52. The van der Waals surface area contributed by atoms with Crippen molar-refractivity contribution in [1.29, 1.82) is 0 Å². The smallest absolute Gasteiger partial charge is 0.244 e. The number of sulfonamides is 1. The molecule has 8 heteroatoms. The molecule has 0 heterocycles. The van der Waals surface area contributed by atoms with Gasteiger partial charge in [0.1, 0.15) is 22.2 Å². The number of hydrogen-bond donors (Lipinski definition) is 1. The van der Waals surface area contributed by atoms with Crippen molar-refractivity contribution in [2.24, 2.45) is 0 Å². The second kappa shape index (κ2) is 8.28. The van der Waals surface area contributed by atoms with E-state index in [0.717, 1.165) is 0 Å². The molecule has 1 unspecified atom stereocenters. The van der Waals surface area contributed by atoms with Crippen LogP contribution >= 0.6 is 0 Å². The molecule has 1 atom stereocenters. The Morgan fingerprint density at radius 3 is 2.44 bits per heavy atom. The van der Waals surface area contributed by atoms with Crippen LogP contribution < -0.4 is 14.2 Å². The van der Waals surface area contributed by atoms with E-state index in [1.54, 1.807) is 12.1 Å². The molecule has 0 bridgehead atoms. The fraction of sp³-hybridized carbons (Fsp3) is 0.294. The highest BCUT2D eigenvalue weighted by atomic mass is 32.2. The zero-order chi connectivity index (χ0) is 18.4. The third kappa shape index (κ3) is 4.68. The molecule has 0 fully saturated rings. The Balaban J connectivity index is 2.23. The quantitative estimate of drug-likeness (QED) is 0.774. The van der Waals surface area contributed by atoms with E-state index in [2.05, 4.69) is 4.72 Å². The summed E-state index contributed by atoms with van der Waals surface area (Å²) in [6.07, 6.45) is -0.637. The van der Waals surface area contributed by atoms with E-state index in [1.807, 2.05) is 0 Å². The molecule has 0 saturated carbocycles. The molecule has 0 spiro atoms. The van der Waals surface area contributed by atoms with Crippen LogP contribution in [-0.4, -0.2) is 36.3 Å². The standard InChI is InChI=1S/C17H20FNO5S/c1-22-14-7-8-15(23-2)17(10-14)25(20,21)19-11-16(24-3)12-5-4-6-13(18)9-12/h4-10,16,19H,11H2,1-3H3. The Kier molecular flexibility index (Phi) is 6.35. The molecule has 0 radical (unpaired) electrons. The maximum atomic E-state index is 13.4. The number of ether oxygens (including phenoxy) is 3. The highest BCUT2D eigenvalue weighted by Crippen LogP contribution is 2.28. The van der Waals surface area contributed by atoms with Crippen molar-refractivity contribution in [2.45, 2.75) is 11.0 Å². The van der Waals surface area contributed by atoms with E-state index in [4.69, 9.17) is 14.2 Å². The Morgan fingerprint density at radius 1 is 1.08 bits per heavy atom. The number of nitrogens with one attached hydrogen (secondary N) is 1. The molecule has 25 heavy (non-hydrogen) atoms. The van der Waals surface area contributed by atoms with Crippen molar-refractivity contribution in [2.75, 3.05) is 27.9 Å². The number of rotatable bonds is 8. The number of hydrogen-bond acceptors (Lipinski definition) is 5. The molecule has 0 amide bonds. The predicted molar refractivity (Wildman–Crippen MR) is 90.9 cm³/mol. The average molecular weight is 369 g/mol. The maximum absolute atomic E-state index is 13.4. The summed E-state index contributed by atoms with van der Waals surface area (Å²) >= 11 is 0. The molecule has 2 rings (SSSR count). The lowest BCUT2D eigenvalue weighted by molar-refractivity contribution is 0.107. The summed E-state index contributed by atoms with van der Waals surface area (Å²) in [5, 5.41) is 0. The minimum Gasteiger partial charge on any atom is -0.497 e. The molecule has 0 saturated heterocycles. The van der Waals surface area contributed by atoms with E-state index < -0.39 is 21.9 Å². The van der Waals surface area contributed by atoms with Gasteiger partial charge in [-0.2, -0.15) is 0 Å². The molecule has 136 valence electrons. The van der Waals surface area contributed by atoms with Gasteiger partial charge < -0.3 is 14.2 Å². The van der Waals surface area contributed by atoms with Crippen LogP contribution in [0.15, 0.2) is 47.4 Å². The van der Waals surface area contributed by atoms with Gasteiger partial charge in [0.25, 0.3) is 0 Å². The maximum Gasteiger partial charge on any atom is 0.244 e. The van der Waals surface area contributed by atoms with Gasteiger partial charge in [-0.25, -0.2) is 17.5 Å². The van der Waals surface area contributed by atoms with Gasteiger partial charge in [0, 0.05) is 19.7 Å². The van der Waals surface area contributed by atoms with Gasteiger partial charge in [0.05, 0.1) is 20.3 Å². The van der Waals surface area contributed by atoms with Crippen LogP contribution in [0.3, 0.4) is 0 Å². The van der Waals surface area contributed by atoms with Crippen LogP contribution in [0, 0.1) is 5.82 Å². The molecule has 6 nitrogen and oxygen atoms in total. The minimum atomic E-state index is -3.89. The van der Waals surface area contributed by atoms with Crippen LogP contribution in [0.4, 0.5) is 4.39 Å². The highest BCUT2D eigenvalue weighted by Gasteiger charge is 2.22. The third-order valence-electron chi connectivity index (χ3n) is 3.62. The van der Waals surface area contributed by atoms with Crippen LogP contribution in [0.25, 0.3) is 0 Å². The van der Waals surface area contributed by atoms with E-state index in [-0.39, 0.29) is 17.2 Å². The normalized spacial score (nSPS) is 12.6. The fourth-order valence-electron chi connectivity index (χ4n) is 2.30. The molecule has 0 aromatic heterocycles. The van der Waals surface area contributed by atoms with Crippen molar-refractivity contribution in [3.8, 4) is 11.5 Å². The van der Waals surface area contributed by atoms with Crippen molar-refractivity contribution in [3.63, 3.8) is 0 Å². The number of benzene rings is 2. The molecule has 0 aliphatic heterocycles. The van der Waals surface area contributed by atoms with Crippen LogP contribution in [0.1, 0.15) is 11.7 Å². The zero-order valence-corrected chi connectivity index (χ0v) is 15.0. The Bertz CT molecular complexity index is 826. The second-order valence-corrected chi connectivity index (χ2v) is 6.88. The molecule has 2 aromatic carbocycles. The van der Waals surface area contributed by atoms with Crippen LogP contribution in [-0.2, 0) is 14.8 Å².